The fourth-order valence-electron chi connectivity index (χ4n) is 2.80. The van der Waals surface area contributed by atoms with Gasteiger partial charge in [-0.05, 0) is 32.2 Å². The lowest BCUT2D eigenvalue weighted by Crippen LogP contribution is -2.44. The molecule has 2 N–H and O–H groups in total. The summed E-state index contributed by atoms with van der Waals surface area (Å²) >= 11 is 0. The van der Waals surface area contributed by atoms with E-state index in [9.17, 15) is 14.7 Å². The predicted molar refractivity (Wildman–Crippen MR) is 70.5 cm³/mol. The molecule has 6 heteroatoms. The molecule has 0 bridgehead atoms. The van der Waals surface area contributed by atoms with Gasteiger partial charge in [-0.15, -0.1) is 0 Å². The lowest BCUT2D eigenvalue weighted by atomic mass is 10.2. The third-order valence-corrected chi connectivity index (χ3v) is 3.95. The van der Waals surface area contributed by atoms with E-state index in [0.717, 1.165) is 45.3 Å². The second kappa shape index (κ2) is 6.86. The van der Waals surface area contributed by atoms with E-state index in [2.05, 4.69) is 5.32 Å². The van der Waals surface area contributed by atoms with Crippen LogP contribution in [0.5, 0.6) is 0 Å². The smallest absolute Gasteiger partial charge is 0.241 e. The van der Waals surface area contributed by atoms with Crippen molar-refractivity contribution in [1.29, 1.82) is 0 Å². The van der Waals surface area contributed by atoms with E-state index in [0.29, 0.717) is 0 Å². The summed E-state index contributed by atoms with van der Waals surface area (Å²) in [4.78, 5) is 27.3. The van der Waals surface area contributed by atoms with Gasteiger partial charge in [0, 0.05) is 19.1 Å². The summed E-state index contributed by atoms with van der Waals surface area (Å²) < 4.78 is 0. The molecule has 0 aromatic heterocycles. The Hall–Kier alpha value is -1.14. The highest BCUT2D eigenvalue weighted by Crippen LogP contribution is 2.15. The van der Waals surface area contributed by atoms with Gasteiger partial charge in [-0.3, -0.25) is 14.5 Å². The molecule has 0 aliphatic carbocycles. The Kier molecular flexibility index (Phi) is 5.15. The summed E-state index contributed by atoms with van der Waals surface area (Å²) in [5.41, 5.74) is 0. The summed E-state index contributed by atoms with van der Waals surface area (Å²) in [6, 6.07) is 0.0973. The van der Waals surface area contributed by atoms with Gasteiger partial charge in [0.2, 0.25) is 11.8 Å². The summed E-state index contributed by atoms with van der Waals surface area (Å²) in [5, 5.41) is 11.9. The Morgan fingerprint density at radius 3 is 2.58 bits per heavy atom. The summed E-state index contributed by atoms with van der Waals surface area (Å²) in [7, 11) is 0. The molecule has 19 heavy (non-hydrogen) atoms. The monoisotopic (exact) mass is 269 g/mol. The molecule has 2 fully saturated rings. The zero-order valence-corrected chi connectivity index (χ0v) is 11.3. The van der Waals surface area contributed by atoms with E-state index in [4.69, 9.17) is 0 Å². The molecule has 0 spiro atoms. The van der Waals surface area contributed by atoms with Crippen molar-refractivity contribution in [2.24, 2.45) is 0 Å². The average Bonchev–Trinajstić information content (AvgIpc) is 3.06. The van der Waals surface area contributed by atoms with Crippen LogP contribution in [0.2, 0.25) is 0 Å². The molecule has 108 valence electrons. The molecule has 0 saturated carbocycles. The van der Waals surface area contributed by atoms with Gasteiger partial charge in [0.15, 0.2) is 0 Å². The highest BCUT2D eigenvalue weighted by Gasteiger charge is 2.25. The van der Waals surface area contributed by atoms with E-state index < -0.39 is 0 Å². The van der Waals surface area contributed by atoms with Crippen LogP contribution in [-0.4, -0.2) is 72.1 Å². The van der Waals surface area contributed by atoms with Crippen LogP contribution in [0.1, 0.15) is 25.7 Å². The maximum absolute atomic E-state index is 11.8. The SMILES string of the molecule is O=C(CN1CCC[C@@H]1CO)NCC(=O)N1CCCC1. The number of aliphatic hydroxyl groups is 1. The van der Waals surface area contributed by atoms with Gasteiger partial charge in [0.25, 0.3) is 0 Å². The molecule has 0 radical (unpaired) electrons. The van der Waals surface area contributed by atoms with Gasteiger partial charge in [-0.25, -0.2) is 0 Å². The lowest BCUT2D eigenvalue weighted by Gasteiger charge is -2.22. The van der Waals surface area contributed by atoms with Crippen molar-refractivity contribution in [2.45, 2.75) is 31.7 Å². The standard InChI is InChI=1S/C13H23N3O3/c17-10-11-4-3-7-16(11)9-12(18)14-8-13(19)15-5-1-2-6-15/h11,17H,1-10H2,(H,14,18)/t11-/m1/s1. The second-order valence-corrected chi connectivity index (χ2v) is 5.31. The first-order valence-corrected chi connectivity index (χ1v) is 7.10. The highest BCUT2D eigenvalue weighted by atomic mass is 16.3. The molecule has 2 aliphatic rings. The molecule has 2 aliphatic heterocycles. The molecular formula is C13H23N3O3. The number of nitrogens with one attached hydrogen (secondary N) is 1. The average molecular weight is 269 g/mol. The number of carbonyl (C=O) groups excluding carboxylic acids is 2. The summed E-state index contributed by atoms with van der Waals surface area (Å²) in [5.74, 6) is -0.126. The maximum Gasteiger partial charge on any atom is 0.241 e. The molecule has 0 unspecified atom stereocenters. The van der Waals surface area contributed by atoms with Gasteiger partial charge in [-0.2, -0.15) is 0 Å². The van der Waals surface area contributed by atoms with Crippen LogP contribution in [0.3, 0.4) is 0 Å². The van der Waals surface area contributed by atoms with Crippen LogP contribution in [0, 0.1) is 0 Å². The normalized spacial score (nSPS) is 23.8. The number of hydrogen-bond donors (Lipinski definition) is 2. The Balaban J connectivity index is 1.68. The van der Waals surface area contributed by atoms with Crippen molar-refractivity contribution in [3.63, 3.8) is 0 Å². The predicted octanol–water partition coefficient (Wildman–Crippen LogP) is -0.818. The van der Waals surface area contributed by atoms with Crippen LogP contribution in [0.25, 0.3) is 0 Å². The Bertz CT molecular complexity index is 329. The first-order valence-electron chi connectivity index (χ1n) is 7.10. The van der Waals surface area contributed by atoms with Gasteiger partial charge in [0.1, 0.15) is 0 Å². The number of likely N-dealkylation sites (tertiary alicyclic amines) is 2. The Morgan fingerprint density at radius 2 is 1.89 bits per heavy atom. The number of nitrogens with zero attached hydrogens (tertiary/aromatic N) is 2. The van der Waals surface area contributed by atoms with Crippen molar-refractivity contribution in [1.82, 2.24) is 15.1 Å². The third kappa shape index (κ3) is 3.91. The van der Waals surface area contributed by atoms with Crippen LogP contribution >= 0.6 is 0 Å². The van der Waals surface area contributed by atoms with Crippen molar-refractivity contribution in [3.05, 3.63) is 0 Å². The summed E-state index contributed by atoms with van der Waals surface area (Å²) in [6.45, 7) is 2.94. The number of amides is 2. The zero-order valence-electron chi connectivity index (χ0n) is 11.3. The van der Waals surface area contributed by atoms with E-state index in [1.165, 1.54) is 0 Å². The topological polar surface area (TPSA) is 72.9 Å². The van der Waals surface area contributed by atoms with Crippen LogP contribution in [-0.2, 0) is 9.59 Å². The lowest BCUT2D eigenvalue weighted by molar-refractivity contribution is -0.132. The molecule has 2 saturated heterocycles. The largest absolute Gasteiger partial charge is 0.395 e. The maximum atomic E-state index is 11.8. The van der Waals surface area contributed by atoms with Crippen molar-refractivity contribution in [2.75, 3.05) is 39.3 Å². The number of aliphatic hydroxyl groups excluding tert-OH is 1. The van der Waals surface area contributed by atoms with E-state index >= 15 is 0 Å². The molecule has 1 atom stereocenters. The van der Waals surface area contributed by atoms with Gasteiger partial charge in [0.05, 0.1) is 19.7 Å². The van der Waals surface area contributed by atoms with Crippen molar-refractivity contribution >= 4 is 11.8 Å². The molecule has 0 aromatic rings. The van der Waals surface area contributed by atoms with Crippen molar-refractivity contribution < 1.29 is 14.7 Å². The number of hydrogen-bond acceptors (Lipinski definition) is 4. The van der Waals surface area contributed by atoms with Gasteiger partial charge in [-0.1, -0.05) is 0 Å². The Labute approximate surface area is 113 Å². The highest BCUT2D eigenvalue weighted by molar-refractivity contribution is 5.85. The molecule has 2 heterocycles. The molecular weight excluding hydrogens is 246 g/mol. The third-order valence-electron chi connectivity index (χ3n) is 3.95. The number of rotatable bonds is 5. The minimum Gasteiger partial charge on any atom is -0.395 e. The van der Waals surface area contributed by atoms with Crippen LogP contribution in [0.15, 0.2) is 0 Å². The van der Waals surface area contributed by atoms with Crippen molar-refractivity contribution in [3.8, 4) is 0 Å². The summed E-state index contributed by atoms with van der Waals surface area (Å²) in [6.07, 6.45) is 4.08. The molecule has 2 rings (SSSR count). The quantitative estimate of drug-likeness (QED) is 0.684. The molecule has 6 nitrogen and oxygen atoms in total. The first kappa shape index (κ1) is 14.3. The fourth-order valence-corrected chi connectivity index (χ4v) is 2.80. The second-order valence-electron chi connectivity index (χ2n) is 5.31. The Morgan fingerprint density at radius 1 is 1.16 bits per heavy atom. The van der Waals surface area contributed by atoms with Gasteiger partial charge < -0.3 is 15.3 Å². The minimum atomic E-state index is -0.132. The van der Waals surface area contributed by atoms with Crippen LogP contribution in [0.4, 0.5) is 0 Å². The minimum absolute atomic E-state index is 0.00554. The van der Waals surface area contributed by atoms with Crippen LogP contribution < -0.4 is 5.32 Å². The number of carbonyl (C=O) groups is 2. The molecule has 0 aromatic carbocycles. The van der Waals surface area contributed by atoms with E-state index in [1.807, 2.05) is 4.90 Å². The fraction of sp³-hybridized carbons (Fsp3) is 0.846. The van der Waals surface area contributed by atoms with Gasteiger partial charge >= 0.3 is 0 Å². The van der Waals surface area contributed by atoms with E-state index in [1.54, 1.807) is 4.90 Å². The first-order chi connectivity index (χ1) is 9.20. The zero-order chi connectivity index (χ0) is 13.7. The van der Waals surface area contributed by atoms with E-state index in [-0.39, 0.29) is 37.6 Å². The molecule has 2 amide bonds.